The van der Waals surface area contributed by atoms with Crippen molar-refractivity contribution in [2.24, 2.45) is 5.10 Å². The summed E-state index contributed by atoms with van der Waals surface area (Å²) in [5, 5.41) is 29.8. The van der Waals surface area contributed by atoms with E-state index in [0.717, 1.165) is 0 Å². The van der Waals surface area contributed by atoms with Crippen molar-refractivity contribution in [3.8, 4) is 17.1 Å². The predicted molar refractivity (Wildman–Crippen MR) is 102 cm³/mol. The van der Waals surface area contributed by atoms with E-state index in [9.17, 15) is 25.0 Å². The van der Waals surface area contributed by atoms with Gasteiger partial charge in [0.1, 0.15) is 10.6 Å². The number of amides is 1. The van der Waals surface area contributed by atoms with Crippen molar-refractivity contribution in [3.05, 3.63) is 68.4 Å². The fourth-order valence-electron chi connectivity index (χ4n) is 2.40. The molecule has 3 aromatic rings. The molecule has 0 fully saturated rings. The van der Waals surface area contributed by atoms with Crippen LogP contribution >= 0.6 is 0 Å². The van der Waals surface area contributed by atoms with Crippen LogP contribution in [0.25, 0.3) is 17.1 Å². The Balaban J connectivity index is 1.97. The SMILES string of the molecule is CCOC(=O)N/N=C/c1cn(-c2ccc([N+](=O)[O-])cc2)nc1-c1ccc([N+](=O)[O-])o1. The Morgan fingerprint density at radius 3 is 2.57 bits per heavy atom. The molecule has 1 N–H and O–H groups in total. The molecule has 0 atom stereocenters. The lowest BCUT2D eigenvalue weighted by Gasteiger charge is -2.00. The van der Waals surface area contributed by atoms with E-state index in [1.807, 2.05) is 0 Å². The van der Waals surface area contributed by atoms with E-state index >= 15 is 0 Å². The van der Waals surface area contributed by atoms with Gasteiger partial charge >= 0.3 is 12.0 Å². The van der Waals surface area contributed by atoms with Gasteiger partial charge in [0, 0.05) is 23.9 Å². The summed E-state index contributed by atoms with van der Waals surface area (Å²) in [7, 11) is 0. The molecular weight excluding hydrogens is 400 g/mol. The molecule has 0 bridgehead atoms. The molecule has 0 aliphatic rings. The number of benzene rings is 1. The van der Waals surface area contributed by atoms with Crippen LogP contribution in [0.5, 0.6) is 0 Å². The van der Waals surface area contributed by atoms with Crippen molar-refractivity contribution in [2.75, 3.05) is 6.61 Å². The van der Waals surface area contributed by atoms with Crippen molar-refractivity contribution in [3.63, 3.8) is 0 Å². The molecule has 0 aliphatic carbocycles. The molecular formula is C17H14N6O7. The summed E-state index contributed by atoms with van der Waals surface area (Å²) in [5.41, 5.74) is 3.12. The van der Waals surface area contributed by atoms with Gasteiger partial charge in [0.15, 0.2) is 5.76 Å². The second kappa shape index (κ2) is 8.64. The maximum Gasteiger partial charge on any atom is 0.433 e. The third-order valence-corrected chi connectivity index (χ3v) is 3.71. The fourth-order valence-corrected chi connectivity index (χ4v) is 2.40. The first-order valence-electron chi connectivity index (χ1n) is 8.44. The second-order valence-electron chi connectivity index (χ2n) is 5.64. The lowest BCUT2D eigenvalue weighted by Crippen LogP contribution is -2.18. The van der Waals surface area contributed by atoms with Gasteiger partial charge in [0.05, 0.1) is 29.5 Å². The zero-order valence-electron chi connectivity index (χ0n) is 15.4. The Kier molecular flexibility index (Phi) is 5.81. The molecule has 1 aromatic carbocycles. The van der Waals surface area contributed by atoms with E-state index in [-0.39, 0.29) is 23.7 Å². The first-order valence-corrected chi connectivity index (χ1v) is 8.44. The van der Waals surface area contributed by atoms with Crippen LogP contribution in [0.15, 0.2) is 52.1 Å². The molecule has 2 heterocycles. The van der Waals surface area contributed by atoms with Crippen LogP contribution < -0.4 is 5.43 Å². The molecule has 0 aliphatic heterocycles. The minimum absolute atomic E-state index is 0.0896. The smallest absolute Gasteiger partial charge is 0.433 e. The molecule has 0 saturated heterocycles. The number of carbonyl (C=O) groups excluding carboxylic acids is 1. The summed E-state index contributed by atoms with van der Waals surface area (Å²) >= 11 is 0. The fraction of sp³-hybridized carbons (Fsp3) is 0.118. The molecule has 13 nitrogen and oxygen atoms in total. The lowest BCUT2D eigenvalue weighted by atomic mass is 10.2. The van der Waals surface area contributed by atoms with Gasteiger partial charge in [-0.2, -0.15) is 10.2 Å². The van der Waals surface area contributed by atoms with E-state index < -0.39 is 21.8 Å². The summed E-state index contributed by atoms with van der Waals surface area (Å²) in [6.07, 6.45) is 2.02. The number of ether oxygens (including phenoxy) is 1. The average Bonchev–Trinajstić information content (AvgIpc) is 3.35. The minimum Gasteiger partial charge on any atom is -0.449 e. The maximum atomic E-state index is 11.4. The summed E-state index contributed by atoms with van der Waals surface area (Å²) < 4.78 is 11.3. The van der Waals surface area contributed by atoms with Gasteiger partial charge in [-0.25, -0.2) is 14.9 Å². The zero-order valence-corrected chi connectivity index (χ0v) is 15.4. The van der Waals surface area contributed by atoms with Crippen molar-refractivity contribution in [1.82, 2.24) is 15.2 Å². The molecule has 30 heavy (non-hydrogen) atoms. The Hall–Kier alpha value is -4.55. The van der Waals surface area contributed by atoms with E-state index in [4.69, 9.17) is 9.15 Å². The van der Waals surface area contributed by atoms with Gasteiger partial charge in [-0.1, -0.05) is 0 Å². The minimum atomic E-state index is -0.758. The van der Waals surface area contributed by atoms with Crippen LogP contribution in [0.4, 0.5) is 16.4 Å². The monoisotopic (exact) mass is 414 g/mol. The summed E-state index contributed by atoms with van der Waals surface area (Å²) in [5.74, 6) is -0.373. The first kappa shape index (κ1) is 20.2. The normalized spacial score (nSPS) is 10.8. The molecule has 2 aromatic heterocycles. The molecule has 0 radical (unpaired) electrons. The topological polar surface area (TPSA) is 168 Å². The largest absolute Gasteiger partial charge is 0.449 e. The summed E-state index contributed by atoms with van der Waals surface area (Å²) in [4.78, 5) is 31.9. The number of furan rings is 1. The van der Waals surface area contributed by atoms with E-state index in [2.05, 4.69) is 15.6 Å². The molecule has 1 amide bonds. The predicted octanol–water partition coefficient (Wildman–Crippen LogP) is 3.03. The molecule has 0 spiro atoms. The number of non-ortho nitro benzene ring substituents is 1. The van der Waals surface area contributed by atoms with Crippen molar-refractivity contribution in [1.29, 1.82) is 0 Å². The van der Waals surface area contributed by atoms with Crippen LogP contribution in [-0.4, -0.2) is 38.5 Å². The highest BCUT2D eigenvalue weighted by molar-refractivity contribution is 5.88. The van der Waals surface area contributed by atoms with Gasteiger partial charge in [0.25, 0.3) is 5.69 Å². The highest BCUT2D eigenvalue weighted by atomic mass is 16.6. The van der Waals surface area contributed by atoms with Crippen LogP contribution in [0.1, 0.15) is 12.5 Å². The third-order valence-electron chi connectivity index (χ3n) is 3.71. The number of nitrogens with one attached hydrogen (secondary N) is 1. The molecule has 0 saturated carbocycles. The van der Waals surface area contributed by atoms with Gasteiger partial charge in [-0.05, 0) is 25.1 Å². The maximum absolute atomic E-state index is 11.4. The Labute approximate surface area is 167 Å². The molecule has 3 rings (SSSR count). The van der Waals surface area contributed by atoms with E-state index in [1.54, 1.807) is 6.92 Å². The van der Waals surface area contributed by atoms with Crippen molar-refractivity contribution >= 4 is 23.9 Å². The number of nitrogens with zero attached hydrogens (tertiary/aromatic N) is 5. The number of nitro benzene ring substituents is 1. The summed E-state index contributed by atoms with van der Waals surface area (Å²) in [6.45, 7) is 1.81. The van der Waals surface area contributed by atoms with Crippen molar-refractivity contribution in [2.45, 2.75) is 6.92 Å². The number of carbonyl (C=O) groups is 1. The first-order chi connectivity index (χ1) is 14.4. The number of nitro groups is 2. The number of aromatic nitrogens is 2. The van der Waals surface area contributed by atoms with Crippen LogP contribution in [0.3, 0.4) is 0 Å². The Bertz CT molecular complexity index is 1120. The lowest BCUT2D eigenvalue weighted by molar-refractivity contribution is -0.401. The van der Waals surface area contributed by atoms with Gasteiger partial charge in [0.2, 0.25) is 0 Å². The number of hydrogen-bond acceptors (Lipinski definition) is 9. The standard InChI is InChI=1S/C17H14N6O7/c1-2-29-17(24)19-18-9-11-10-21(12-3-5-13(6-4-12)22(25)26)20-16(11)14-7-8-15(30-14)23(27)28/h3-10H,2H2,1H3,(H,19,24)/b18-9+. The highest BCUT2D eigenvalue weighted by Gasteiger charge is 2.19. The quantitative estimate of drug-likeness (QED) is 0.349. The van der Waals surface area contributed by atoms with Crippen LogP contribution in [-0.2, 0) is 4.74 Å². The number of hydrogen-bond donors (Lipinski definition) is 1. The molecule has 0 unspecified atom stereocenters. The van der Waals surface area contributed by atoms with E-state index in [1.165, 1.54) is 53.5 Å². The second-order valence-corrected chi connectivity index (χ2v) is 5.64. The highest BCUT2D eigenvalue weighted by Crippen LogP contribution is 2.28. The molecule has 13 heteroatoms. The van der Waals surface area contributed by atoms with Crippen LogP contribution in [0, 0.1) is 20.2 Å². The third kappa shape index (κ3) is 4.46. The van der Waals surface area contributed by atoms with E-state index in [0.29, 0.717) is 11.3 Å². The van der Waals surface area contributed by atoms with Crippen molar-refractivity contribution < 1.29 is 23.8 Å². The molecule has 154 valence electrons. The average molecular weight is 414 g/mol. The Morgan fingerprint density at radius 2 is 1.97 bits per heavy atom. The van der Waals surface area contributed by atoms with Gasteiger partial charge in [-0.15, -0.1) is 0 Å². The number of rotatable bonds is 7. The van der Waals surface area contributed by atoms with Gasteiger partial charge < -0.3 is 9.15 Å². The number of hydrazone groups is 1. The zero-order chi connectivity index (χ0) is 21.7. The van der Waals surface area contributed by atoms with Gasteiger partial charge in [-0.3, -0.25) is 20.2 Å². The van der Waals surface area contributed by atoms with Crippen LogP contribution in [0.2, 0.25) is 0 Å². The summed E-state index contributed by atoms with van der Waals surface area (Å²) in [6, 6.07) is 8.14. The Morgan fingerprint density at radius 1 is 1.23 bits per heavy atom.